The van der Waals surface area contributed by atoms with Gasteiger partial charge >= 0.3 is 0 Å². The van der Waals surface area contributed by atoms with Crippen molar-refractivity contribution in [3.05, 3.63) is 65.9 Å². The standard InChI is InChI=1S/C22H27N5/c1-15(2)19-8-6-7-9-20(19)25-22-23-16(3)14-21(26-22)24-17-10-12-18(13-11-17)27(4)5/h6-15H,1-5H3,(H2,23,24,25,26). The molecule has 0 fully saturated rings. The molecule has 3 aromatic rings. The Hall–Kier alpha value is -3.08. The summed E-state index contributed by atoms with van der Waals surface area (Å²) >= 11 is 0. The van der Waals surface area contributed by atoms with Crippen LogP contribution in [0, 0.1) is 6.92 Å². The third-order valence-corrected chi connectivity index (χ3v) is 4.34. The number of aromatic nitrogens is 2. The van der Waals surface area contributed by atoms with Crippen LogP contribution in [0.15, 0.2) is 54.6 Å². The maximum atomic E-state index is 4.64. The number of anilines is 5. The number of benzene rings is 2. The Bertz CT molecular complexity index is 901. The first-order valence-corrected chi connectivity index (χ1v) is 9.18. The van der Waals surface area contributed by atoms with E-state index in [4.69, 9.17) is 0 Å². The second-order valence-electron chi connectivity index (χ2n) is 7.15. The van der Waals surface area contributed by atoms with Crippen LogP contribution in [0.5, 0.6) is 0 Å². The summed E-state index contributed by atoms with van der Waals surface area (Å²) in [4.78, 5) is 11.3. The predicted molar refractivity (Wildman–Crippen MR) is 115 cm³/mol. The van der Waals surface area contributed by atoms with E-state index >= 15 is 0 Å². The van der Waals surface area contributed by atoms with Crippen LogP contribution in [0.25, 0.3) is 0 Å². The molecule has 2 N–H and O–H groups in total. The van der Waals surface area contributed by atoms with Gasteiger partial charge in [0.05, 0.1) is 0 Å². The van der Waals surface area contributed by atoms with E-state index in [9.17, 15) is 0 Å². The van der Waals surface area contributed by atoms with Crippen molar-refractivity contribution in [2.45, 2.75) is 26.7 Å². The van der Waals surface area contributed by atoms with Gasteiger partial charge in [0.15, 0.2) is 0 Å². The Labute approximate surface area is 161 Å². The van der Waals surface area contributed by atoms with Crippen molar-refractivity contribution in [1.82, 2.24) is 9.97 Å². The summed E-state index contributed by atoms with van der Waals surface area (Å²) < 4.78 is 0. The van der Waals surface area contributed by atoms with E-state index in [2.05, 4.69) is 69.7 Å². The average molecular weight is 361 g/mol. The van der Waals surface area contributed by atoms with E-state index in [1.54, 1.807) is 0 Å². The molecule has 0 spiro atoms. The summed E-state index contributed by atoms with van der Waals surface area (Å²) in [7, 11) is 4.06. The van der Waals surface area contributed by atoms with Gasteiger partial charge in [-0.1, -0.05) is 32.0 Å². The normalized spacial score (nSPS) is 10.7. The van der Waals surface area contributed by atoms with Crippen molar-refractivity contribution in [2.75, 3.05) is 29.6 Å². The number of rotatable bonds is 6. The first-order valence-electron chi connectivity index (χ1n) is 9.18. The Morgan fingerprint density at radius 2 is 1.59 bits per heavy atom. The number of nitrogens with one attached hydrogen (secondary N) is 2. The van der Waals surface area contributed by atoms with Crippen molar-refractivity contribution in [3.63, 3.8) is 0 Å². The van der Waals surface area contributed by atoms with Crippen molar-refractivity contribution < 1.29 is 0 Å². The van der Waals surface area contributed by atoms with Gasteiger partial charge in [0, 0.05) is 42.9 Å². The predicted octanol–water partition coefficient (Wildman–Crippen LogP) is 5.46. The van der Waals surface area contributed by atoms with E-state index in [-0.39, 0.29) is 0 Å². The van der Waals surface area contributed by atoms with Crippen LogP contribution >= 0.6 is 0 Å². The zero-order valence-electron chi connectivity index (χ0n) is 16.6. The minimum atomic E-state index is 0.423. The summed E-state index contributed by atoms with van der Waals surface area (Å²) in [6.45, 7) is 6.34. The van der Waals surface area contributed by atoms with E-state index in [1.165, 1.54) is 5.56 Å². The monoisotopic (exact) mass is 361 g/mol. The molecular weight excluding hydrogens is 334 g/mol. The van der Waals surface area contributed by atoms with Crippen molar-refractivity contribution in [2.24, 2.45) is 0 Å². The highest BCUT2D eigenvalue weighted by Crippen LogP contribution is 2.27. The summed E-state index contributed by atoms with van der Waals surface area (Å²) in [5.41, 5.74) is 5.34. The number of hydrogen-bond acceptors (Lipinski definition) is 5. The molecule has 5 heteroatoms. The van der Waals surface area contributed by atoms with Crippen LogP contribution in [0.2, 0.25) is 0 Å². The SMILES string of the molecule is Cc1cc(Nc2ccc(N(C)C)cc2)nc(Nc2ccccc2C(C)C)n1. The molecule has 1 aromatic heterocycles. The number of aryl methyl sites for hydroxylation is 1. The maximum absolute atomic E-state index is 4.64. The molecule has 0 aliphatic rings. The quantitative estimate of drug-likeness (QED) is 0.610. The summed E-state index contributed by atoms with van der Waals surface area (Å²) in [5, 5.41) is 6.74. The highest BCUT2D eigenvalue weighted by molar-refractivity contribution is 5.64. The van der Waals surface area contributed by atoms with E-state index in [1.807, 2.05) is 45.3 Å². The van der Waals surface area contributed by atoms with Crippen molar-refractivity contribution in [1.29, 1.82) is 0 Å². The smallest absolute Gasteiger partial charge is 0.229 e. The summed E-state index contributed by atoms with van der Waals surface area (Å²) in [6, 6.07) is 18.5. The molecule has 0 unspecified atom stereocenters. The maximum Gasteiger partial charge on any atom is 0.229 e. The fraction of sp³-hybridized carbons (Fsp3) is 0.273. The Morgan fingerprint density at radius 3 is 2.26 bits per heavy atom. The van der Waals surface area contributed by atoms with E-state index in [0.29, 0.717) is 11.9 Å². The van der Waals surface area contributed by atoms with Crippen LogP contribution in [-0.2, 0) is 0 Å². The molecule has 2 aromatic carbocycles. The second kappa shape index (κ2) is 8.08. The highest BCUT2D eigenvalue weighted by Gasteiger charge is 2.09. The molecule has 27 heavy (non-hydrogen) atoms. The molecule has 0 radical (unpaired) electrons. The Balaban J connectivity index is 1.82. The lowest BCUT2D eigenvalue weighted by atomic mass is 10.0. The molecule has 0 amide bonds. The van der Waals surface area contributed by atoms with Crippen molar-refractivity contribution in [3.8, 4) is 0 Å². The fourth-order valence-electron chi connectivity index (χ4n) is 2.91. The molecule has 0 aliphatic carbocycles. The fourth-order valence-corrected chi connectivity index (χ4v) is 2.91. The van der Waals surface area contributed by atoms with Gasteiger partial charge in [0.2, 0.25) is 5.95 Å². The second-order valence-corrected chi connectivity index (χ2v) is 7.15. The van der Waals surface area contributed by atoms with E-state index in [0.717, 1.165) is 28.6 Å². The van der Waals surface area contributed by atoms with Crippen LogP contribution in [0.3, 0.4) is 0 Å². The van der Waals surface area contributed by atoms with Gasteiger partial charge in [0.1, 0.15) is 5.82 Å². The number of nitrogens with zero attached hydrogens (tertiary/aromatic N) is 3. The van der Waals surface area contributed by atoms with Gasteiger partial charge in [-0.25, -0.2) is 4.98 Å². The average Bonchev–Trinajstić information content (AvgIpc) is 2.62. The molecule has 140 valence electrons. The lowest BCUT2D eigenvalue weighted by molar-refractivity contribution is 0.868. The largest absolute Gasteiger partial charge is 0.378 e. The van der Waals surface area contributed by atoms with Gasteiger partial charge in [-0.3, -0.25) is 0 Å². The molecule has 5 nitrogen and oxygen atoms in total. The molecular formula is C22H27N5. The first-order chi connectivity index (χ1) is 12.9. The molecule has 0 bridgehead atoms. The number of para-hydroxylation sites is 1. The van der Waals surface area contributed by atoms with Gasteiger partial charge < -0.3 is 15.5 Å². The van der Waals surface area contributed by atoms with Crippen LogP contribution in [-0.4, -0.2) is 24.1 Å². The van der Waals surface area contributed by atoms with Crippen LogP contribution in [0.1, 0.15) is 31.0 Å². The third kappa shape index (κ3) is 4.76. The zero-order chi connectivity index (χ0) is 19.4. The highest BCUT2D eigenvalue weighted by atomic mass is 15.1. The molecule has 1 heterocycles. The molecule has 3 rings (SSSR count). The first kappa shape index (κ1) is 18.7. The topological polar surface area (TPSA) is 53.1 Å². The number of hydrogen-bond donors (Lipinski definition) is 2. The molecule has 0 saturated carbocycles. The van der Waals surface area contributed by atoms with E-state index < -0.39 is 0 Å². The molecule has 0 saturated heterocycles. The zero-order valence-corrected chi connectivity index (χ0v) is 16.6. The van der Waals surface area contributed by atoms with Gasteiger partial charge in [-0.2, -0.15) is 4.98 Å². The summed E-state index contributed by atoms with van der Waals surface area (Å²) in [6.07, 6.45) is 0. The third-order valence-electron chi connectivity index (χ3n) is 4.34. The van der Waals surface area contributed by atoms with Crippen molar-refractivity contribution >= 4 is 28.8 Å². The Morgan fingerprint density at radius 1 is 0.889 bits per heavy atom. The van der Waals surface area contributed by atoms with Gasteiger partial charge in [0.25, 0.3) is 0 Å². The minimum Gasteiger partial charge on any atom is -0.378 e. The van der Waals surface area contributed by atoms with Crippen LogP contribution < -0.4 is 15.5 Å². The van der Waals surface area contributed by atoms with Gasteiger partial charge in [-0.05, 0) is 48.7 Å². The van der Waals surface area contributed by atoms with Crippen LogP contribution in [0.4, 0.5) is 28.8 Å². The summed E-state index contributed by atoms with van der Waals surface area (Å²) in [5.74, 6) is 1.78. The lowest BCUT2D eigenvalue weighted by Crippen LogP contribution is -2.08. The lowest BCUT2D eigenvalue weighted by Gasteiger charge is -2.15. The van der Waals surface area contributed by atoms with Gasteiger partial charge in [-0.15, -0.1) is 0 Å². The Kier molecular flexibility index (Phi) is 5.60. The molecule has 0 atom stereocenters. The minimum absolute atomic E-state index is 0.423. The molecule has 0 aliphatic heterocycles.